The van der Waals surface area contributed by atoms with E-state index in [9.17, 15) is 25.2 Å². The maximum atomic E-state index is 13.3. The van der Waals surface area contributed by atoms with Gasteiger partial charge in [0.05, 0.1) is 23.9 Å². The summed E-state index contributed by atoms with van der Waals surface area (Å²) in [5, 5.41) is 41.7. The van der Waals surface area contributed by atoms with Crippen molar-refractivity contribution >= 4 is 5.78 Å². The average molecular weight is 451 g/mol. The molecule has 4 aliphatic rings. The van der Waals surface area contributed by atoms with E-state index in [1.54, 1.807) is 13.8 Å². The summed E-state index contributed by atoms with van der Waals surface area (Å²) < 4.78 is 0. The third-order valence-corrected chi connectivity index (χ3v) is 10.8. The summed E-state index contributed by atoms with van der Waals surface area (Å²) >= 11 is 0. The summed E-state index contributed by atoms with van der Waals surface area (Å²) in [6, 6.07) is 0. The standard InChI is InChI=1S/C27H46O5/c1-15(21(28)9-10-25(2,3)32)17-6-7-18-16-12-22(29)20-13-23(30)24(31)14-27(20,5)19(16)8-11-26(17,18)4/h15-21,23-24,28,30-32H,6-14H2,1-5H3/t15-,16-,17+,18-,19-,20+,21-,23-,24+,26+,27+/m0/s1. The molecule has 4 saturated carbocycles. The van der Waals surface area contributed by atoms with E-state index in [1.807, 2.05) is 0 Å². The van der Waals surface area contributed by atoms with Gasteiger partial charge in [-0.15, -0.1) is 0 Å². The summed E-state index contributed by atoms with van der Waals surface area (Å²) in [5.74, 6) is 2.07. The molecule has 0 radical (unpaired) electrons. The van der Waals surface area contributed by atoms with Crippen molar-refractivity contribution in [1.29, 1.82) is 0 Å². The first kappa shape index (κ1) is 24.6. The van der Waals surface area contributed by atoms with Gasteiger partial charge in [0.15, 0.2) is 0 Å². The summed E-state index contributed by atoms with van der Waals surface area (Å²) in [5.41, 5.74) is -0.837. The Labute approximate surface area is 194 Å². The van der Waals surface area contributed by atoms with Crippen molar-refractivity contribution in [1.82, 2.24) is 0 Å². The van der Waals surface area contributed by atoms with Crippen molar-refractivity contribution in [2.24, 2.45) is 46.3 Å². The number of carbonyl (C=O) groups excluding carboxylic acids is 1. The van der Waals surface area contributed by atoms with Gasteiger partial charge in [-0.3, -0.25) is 4.79 Å². The van der Waals surface area contributed by atoms with Crippen LogP contribution in [0, 0.1) is 46.3 Å². The lowest BCUT2D eigenvalue weighted by Crippen LogP contribution is -2.59. The monoisotopic (exact) mass is 450 g/mol. The molecule has 0 heterocycles. The number of aliphatic hydroxyl groups is 4. The maximum Gasteiger partial charge on any atom is 0.136 e. The summed E-state index contributed by atoms with van der Waals surface area (Å²) in [4.78, 5) is 13.3. The minimum Gasteiger partial charge on any atom is -0.393 e. The molecule has 184 valence electrons. The van der Waals surface area contributed by atoms with E-state index in [-0.39, 0.29) is 22.7 Å². The number of Topliss-reactive ketones (excluding diaryl/α,β-unsaturated/α-hetero) is 1. The highest BCUT2D eigenvalue weighted by Crippen LogP contribution is 2.67. The zero-order valence-corrected chi connectivity index (χ0v) is 20.8. The third-order valence-electron chi connectivity index (χ3n) is 10.8. The van der Waals surface area contributed by atoms with E-state index in [0.29, 0.717) is 61.6 Å². The van der Waals surface area contributed by atoms with Crippen LogP contribution < -0.4 is 0 Å². The molecule has 5 nitrogen and oxygen atoms in total. The van der Waals surface area contributed by atoms with Crippen LogP contribution in [-0.4, -0.2) is 50.1 Å². The topological polar surface area (TPSA) is 98.0 Å². The largest absolute Gasteiger partial charge is 0.393 e. The lowest BCUT2D eigenvalue weighted by molar-refractivity contribution is -0.174. The van der Waals surface area contributed by atoms with Crippen LogP contribution in [0.25, 0.3) is 0 Å². The zero-order chi connectivity index (χ0) is 23.6. The molecule has 5 heteroatoms. The predicted molar refractivity (Wildman–Crippen MR) is 124 cm³/mol. The molecule has 0 saturated heterocycles. The van der Waals surface area contributed by atoms with Gasteiger partial charge in [0.1, 0.15) is 5.78 Å². The molecule has 4 N–H and O–H groups in total. The minimum atomic E-state index is -0.774. The first-order chi connectivity index (χ1) is 14.8. The van der Waals surface area contributed by atoms with E-state index < -0.39 is 23.9 Å². The second kappa shape index (κ2) is 8.32. The van der Waals surface area contributed by atoms with Crippen LogP contribution in [0.2, 0.25) is 0 Å². The van der Waals surface area contributed by atoms with Crippen LogP contribution in [-0.2, 0) is 4.79 Å². The number of carbonyl (C=O) groups is 1. The highest BCUT2D eigenvalue weighted by molar-refractivity contribution is 5.83. The number of hydrogen-bond acceptors (Lipinski definition) is 5. The number of ketones is 1. The van der Waals surface area contributed by atoms with Gasteiger partial charge in [-0.1, -0.05) is 20.8 Å². The molecule has 0 aliphatic heterocycles. The van der Waals surface area contributed by atoms with E-state index >= 15 is 0 Å². The molecule has 11 atom stereocenters. The van der Waals surface area contributed by atoms with Crippen LogP contribution in [0.3, 0.4) is 0 Å². The Morgan fingerprint density at radius 1 is 1.06 bits per heavy atom. The molecule has 0 amide bonds. The first-order valence-electron chi connectivity index (χ1n) is 13.1. The Kier molecular flexibility index (Phi) is 6.40. The van der Waals surface area contributed by atoms with E-state index in [2.05, 4.69) is 20.8 Å². The molecule has 0 spiro atoms. The fraction of sp³-hybridized carbons (Fsp3) is 0.963. The highest BCUT2D eigenvalue weighted by Gasteiger charge is 2.63. The Morgan fingerprint density at radius 2 is 1.72 bits per heavy atom. The van der Waals surface area contributed by atoms with Crippen molar-refractivity contribution in [2.75, 3.05) is 0 Å². The lowest BCUT2D eigenvalue weighted by Gasteiger charge is -2.61. The number of rotatable bonds is 5. The van der Waals surface area contributed by atoms with Crippen molar-refractivity contribution in [2.45, 2.75) is 116 Å². The van der Waals surface area contributed by atoms with Crippen LogP contribution in [0.5, 0.6) is 0 Å². The maximum absolute atomic E-state index is 13.3. The summed E-state index contributed by atoms with van der Waals surface area (Å²) in [6.07, 6.45) is 5.27. The van der Waals surface area contributed by atoms with Crippen LogP contribution >= 0.6 is 0 Å². The molecule has 32 heavy (non-hydrogen) atoms. The Hall–Kier alpha value is -0.490. The second-order valence-corrected chi connectivity index (χ2v) is 13.2. The molecule has 4 fully saturated rings. The highest BCUT2D eigenvalue weighted by atomic mass is 16.3. The summed E-state index contributed by atoms with van der Waals surface area (Å²) in [7, 11) is 0. The molecule has 4 aliphatic carbocycles. The number of hydrogen-bond donors (Lipinski definition) is 4. The van der Waals surface area contributed by atoms with Gasteiger partial charge < -0.3 is 20.4 Å². The van der Waals surface area contributed by atoms with Crippen LogP contribution in [0.4, 0.5) is 0 Å². The first-order valence-corrected chi connectivity index (χ1v) is 13.1. The Bertz CT molecular complexity index is 715. The molecule has 0 aromatic rings. The Balaban J connectivity index is 1.53. The molecule has 0 aromatic heterocycles. The van der Waals surface area contributed by atoms with Crippen LogP contribution in [0.15, 0.2) is 0 Å². The van der Waals surface area contributed by atoms with Gasteiger partial charge in [-0.05, 0) is 106 Å². The number of fused-ring (bicyclic) bond motifs is 5. The van der Waals surface area contributed by atoms with Crippen molar-refractivity contribution in [3.05, 3.63) is 0 Å². The van der Waals surface area contributed by atoms with Crippen molar-refractivity contribution in [3.8, 4) is 0 Å². The quantitative estimate of drug-likeness (QED) is 0.512. The SMILES string of the molecule is C[C@@H]([C@H]1CC[C@H]2[C@@H]3CC(=O)[C@H]4C[C@H](O)[C@H](O)C[C@]4(C)[C@H]3CC[C@]12C)[C@@H](O)CCC(C)(C)O. The average Bonchev–Trinajstić information content (AvgIpc) is 3.04. The van der Waals surface area contributed by atoms with Crippen molar-refractivity contribution < 1.29 is 25.2 Å². The minimum absolute atomic E-state index is 0.119. The molecule has 4 rings (SSSR count). The van der Waals surface area contributed by atoms with Gasteiger partial charge in [0.25, 0.3) is 0 Å². The molecule has 0 bridgehead atoms. The van der Waals surface area contributed by atoms with Gasteiger partial charge in [0.2, 0.25) is 0 Å². The lowest BCUT2D eigenvalue weighted by atomic mass is 9.44. The third kappa shape index (κ3) is 3.99. The fourth-order valence-electron chi connectivity index (χ4n) is 9.01. The second-order valence-electron chi connectivity index (χ2n) is 13.2. The fourth-order valence-corrected chi connectivity index (χ4v) is 9.01. The predicted octanol–water partition coefficient (Wildman–Crippen LogP) is 3.70. The van der Waals surface area contributed by atoms with Crippen molar-refractivity contribution in [3.63, 3.8) is 0 Å². The smallest absolute Gasteiger partial charge is 0.136 e. The van der Waals surface area contributed by atoms with Crippen LogP contribution in [0.1, 0.15) is 92.4 Å². The normalized spacial score (nSPS) is 48.5. The van der Waals surface area contributed by atoms with Gasteiger partial charge in [-0.25, -0.2) is 0 Å². The number of aliphatic hydroxyl groups excluding tert-OH is 3. The molecule has 0 unspecified atom stereocenters. The van der Waals surface area contributed by atoms with E-state index in [0.717, 1.165) is 25.7 Å². The molecular weight excluding hydrogens is 404 g/mol. The molecule has 0 aromatic carbocycles. The van der Waals surface area contributed by atoms with Gasteiger partial charge in [0, 0.05) is 12.3 Å². The molecular formula is C27H46O5. The summed E-state index contributed by atoms with van der Waals surface area (Å²) in [6.45, 7) is 10.4. The van der Waals surface area contributed by atoms with Gasteiger partial charge in [-0.2, -0.15) is 0 Å². The van der Waals surface area contributed by atoms with Gasteiger partial charge >= 0.3 is 0 Å². The zero-order valence-electron chi connectivity index (χ0n) is 20.8. The van der Waals surface area contributed by atoms with E-state index in [4.69, 9.17) is 0 Å². The van der Waals surface area contributed by atoms with E-state index in [1.165, 1.54) is 0 Å². The Morgan fingerprint density at radius 3 is 2.38 bits per heavy atom.